The fraction of sp³-hybridized carbons (Fsp3) is 0.421. The molecule has 2 heterocycles. The molecule has 2 aromatic rings. The highest BCUT2D eigenvalue weighted by atomic mass is 32.2. The van der Waals surface area contributed by atoms with Crippen molar-refractivity contribution in [2.75, 3.05) is 18.4 Å². The van der Waals surface area contributed by atoms with E-state index in [9.17, 15) is 18.0 Å². The predicted molar refractivity (Wildman–Crippen MR) is 108 cm³/mol. The van der Waals surface area contributed by atoms with E-state index in [0.717, 1.165) is 0 Å². The summed E-state index contributed by atoms with van der Waals surface area (Å²) in [6.07, 6.45) is 2.97. The molecule has 1 aromatic carbocycles. The molecule has 9 heteroatoms. The van der Waals surface area contributed by atoms with Crippen molar-refractivity contribution in [1.82, 2.24) is 9.88 Å². The molecule has 150 valence electrons. The van der Waals surface area contributed by atoms with Gasteiger partial charge in [0, 0.05) is 24.7 Å². The molecule has 2 amide bonds. The Bertz CT molecular complexity index is 955. The lowest BCUT2D eigenvalue weighted by molar-refractivity contribution is -0.121. The van der Waals surface area contributed by atoms with Gasteiger partial charge >= 0.3 is 0 Å². The molecule has 0 saturated carbocycles. The van der Waals surface area contributed by atoms with Crippen molar-refractivity contribution in [1.29, 1.82) is 0 Å². The van der Waals surface area contributed by atoms with Crippen LogP contribution in [-0.4, -0.2) is 48.5 Å². The fourth-order valence-electron chi connectivity index (χ4n) is 3.18. The van der Waals surface area contributed by atoms with Crippen molar-refractivity contribution in [3.63, 3.8) is 0 Å². The smallest absolute Gasteiger partial charge is 0.255 e. The van der Waals surface area contributed by atoms with Gasteiger partial charge in [0.2, 0.25) is 5.91 Å². The van der Waals surface area contributed by atoms with E-state index in [1.807, 2.05) is 0 Å². The Labute approximate surface area is 168 Å². The second-order valence-electron chi connectivity index (χ2n) is 7.01. The molecule has 3 rings (SSSR count). The second kappa shape index (κ2) is 8.40. The Hall–Kier alpha value is -2.26. The van der Waals surface area contributed by atoms with E-state index in [2.05, 4.69) is 10.3 Å². The van der Waals surface area contributed by atoms with Gasteiger partial charge in [0.1, 0.15) is 0 Å². The topological polar surface area (TPSA) is 96.4 Å². The summed E-state index contributed by atoms with van der Waals surface area (Å²) in [6, 6.07) is 6.28. The number of amides is 2. The summed E-state index contributed by atoms with van der Waals surface area (Å²) >= 11 is 1.34. The number of hydrogen-bond acceptors (Lipinski definition) is 6. The highest BCUT2D eigenvalue weighted by Crippen LogP contribution is 2.25. The van der Waals surface area contributed by atoms with Crippen molar-refractivity contribution in [3.8, 4) is 0 Å². The van der Waals surface area contributed by atoms with Crippen molar-refractivity contribution in [2.45, 2.75) is 36.8 Å². The summed E-state index contributed by atoms with van der Waals surface area (Å²) in [7, 11) is -3.59. The third-order valence-electron chi connectivity index (χ3n) is 4.79. The van der Waals surface area contributed by atoms with Crippen LogP contribution in [0.15, 0.2) is 40.7 Å². The van der Waals surface area contributed by atoms with E-state index in [-0.39, 0.29) is 34.7 Å². The number of thiazole rings is 1. The molecule has 0 spiro atoms. The zero-order valence-corrected chi connectivity index (χ0v) is 17.4. The van der Waals surface area contributed by atoms with Crippen LogP contribution in [0.5, 0.6) is 0 Å². The molecule has 1 aliphatic heterocycles. The van der Waals surface area contributed by atoms with Crippen LogP contribution < -0.4 is 5.32 Å². The average molecular weight is 422 g/mol. The van der Waals surface area contributed by atoms with Crippen molar-refractivity contribution in [2.24, 2.45) is 5.92 Å². The van der Waals surface area contributed by atoms with Gasteiger partial charge in [0.15, 0.2) is 15.0 Å². The minimum absolute atomic E-state index is 0.0457. The van der Waals surface area contributed by atoms with Gasteiger partial charge < -0.3 is 10.2 Å². The van der Waals surface area contributed by atoms with E-state index in [0.29, 0.717) is 24.5 Å². The molecule has 0 radical (unpaired) electrons. The summed E-state index contributed by atoms with van der Waals surface area (Å²) in [6.45, 7) is 3.94. The largest absolute Gasteiger partial charge is 0.338 e. The van der Waals surface area contributed by atoms with E-state index in [4.69, 9.17) is 0 Å². The Kier molecular flexibility index (Phi) is 6.14. The van der Waals surface area contributed by atoms with Crippen molar-refractivity contribution >= 4 is 38.1 Å². The summed E-state index contributed by atoms with van der Waals surface area (Å²) in [4.78, 5) is 31.3. The predicted octanol–water partition coefficient (Wildman–Crippen LogP) is 2.82. The number of benzene rings is 1. The molecular formula is C19H23N3O4S2. The Morgan fingerprint density at radius 2 is 2.04 bits per heavy atom. The first-order chi connectivity index (χ1) is 13.3. The molecule has 1 unspecified atom stereocenters. The quantitative estimate of drug-likeness (QED) is 0.801. The zero-order chi connectivity index (χ0) is 20.3. The number of carbonyl (C=O) groups is 2. The number of rotatable bonds is 5. The monoisotopic (exact) mass is 421 g/mol. The number of nitrogens with one attached hydrogen (secondary N) is 1. The average Bonchev–Trinajstić information content (AvgIpc) is 3.20. The van der Waals surface area contributed by atoms with Gasteiger partial charge in [0.05, 0.1) is 21.6 Å². The third kappa shape index (κ3) is 4.25. The number of carbonyl (C=O) groups excluding carboxylic acids is 2. The van der Waals surface area contributed by atoms with Crippen molar-refractivity contribution in [3.05, 3.63) is 41.4 Å². The first-order valence-electron chi connectivity index (χ1n) is 9.13. The number of sulfone groups is 1. The van der Waals surface area contributed by atoms with Gasteiger partial charge in [-0.15, -0.1) is 11.3 Å². The number of anilines is 1. The maximum absolute atomic E-state index is 13.1. The SMILES string of the molecule is CC(C)S(=O)(=O)c1ccccc1C(=O)N1CCCC(C(=O)Nc2nccs2)C1. The van der Waals surface area contributed by atoms with E-state index in [1.165, 1.54) is 23.5 Å². The second-order valence-corrected chi connectivity index (χ2v) is 10.4. The molecule has 7 nitrogen and oxygen atoms in total. The van der Waals surface area contributed by atoms with E-state index in [1.54, 1.807) is 42.5 Å². The van der Waals surface area contributed by atoms with Gasteiger partial charge in [-0.25, -0.2) is 13.4 Å². The van der Waals surface area contributed by atoms with Crippen LogP contribution >= 0.6 is 11.3 Å². The normalized spacial score (nSPS) is 17.5. The van der Waals surface area contributed by atoms with Crippen molar-refractivity contribution < 1.29 is 18.0 Å². The van der Waals surface area contributed by atoms with Gasteiger partial charge in [-0.05, 0) is 38.8 Å². The van der Waals surface area contributed by atoms with E-state index >= 15 is 0 Å². The highest BCUT2D eigenvalue weighted by molar-refractivity contribution is 7.92. The first kappa shape index (κ1) is 20.5. The lowest BCUT2D eigenvalue weighted by Gasteiger charge is -2.32. The van der Waals surface area contributed by atoms with Crippen LogP contribution in [0, 0.1) is 5.92 Å². The number of aromatic nitrogens is 1. The van der Waals surface area contributed by atoms with Crippen LogP contribution in [0.2, 0.25) is 0 Å². The number of piperidine rings is 1. The summed E-state index contributed by atoms with van der Waals surface area (Å²) in [5.74, 6) is -0.877. The molecule has 28 heavy (non-hydrogen) atoms. The molecule has 0 aliphatic carbocycles. The van der Waals surface area contributed by atoms with Crippen LogP contribution in [0.25, 0.3) is 0 Å². The molecular weight excluding hydrogens is 398 g/mol. The van der Waals surface area contributed by atoms with Crippen LogP contribution in [0.3, 0.4) is 0 Å². The Morgan fingerprint density at radius 3 is 2.71 bits per heavy atom. The molecule has 1 saturated heterocycles. The van der Waals surface area contributed by atoms with Gasteiger partial charge in [0.25, 0.3) is 5.91 Å². The first-order valence-corrected chi connectivity index (χ1v) is 11.6. The molecule has 1 atom stereocenters. The number of hydrogen-bond donors (Lipinski definition) is 1. The van der Waals surface area contributed by atoms with Crippen LogP contribution in [0.1, 0.15) is 37.0 Å². The zero-order valence-electron chi connectivity index (χ0n) is 15.8. The minimum atomic E-state index is -3.59. The van der Waals surface area contributed by atoms with Gasteiger partial charge in [-0.1, -0.05) is 12.1 Å². The maximum atomic E-state index is 13.1. The van der Waals surface area contributed by atoms with Crippen LogP contribution in [-0.2, 0) is 14.6 Å². The Balaban J connectivity index is 1.79. The van der Waals surface area contributed by atoms with Gasteiger partial charge in [-0.3, -0.25) is 9.59 Å². The standard InChI is InChI=1S/C19H23N3O4S2/c1-13(2)28(25,26)16-8-4-3-7-15(16)18(24)22-10-5-6-14(12-22)17(23)21-19-20-9-11-27-19/h3-4,7-9,11,13-14H,5-6,10,12H2,1-2H3,(H,20,21,23). The molecule has 1 aromatic heterocycles. The van der Waals surface area contributed by atoms with Crippen LogP contribution in [0.4, 0.5) is 5.13 Å². The number of likely N-dealkylation sites (tertiary alicyclic amines) is 1. The lowest BCUT2D eigenvalue weighted by atomic mass is 9.96. The third-order valence-corrected chi connectivity index (χ3v) is 7.69. The summed E-state index contributed by atoms with van der Waals surface area (Å²) < 4.78 is 25.3. The lowest BCUT2D eigenvalue weighted by Crippen LogP contribution is -2.44. The molecule has 1 aliphatic rings. The maximum Gasteiger partial charge on any atom is 0.255 e. The van der Waals surface area contributed by atoms with E-state index < -0.39 is 15.1 Å². The minimum Gasteiger partial charge on any atom is -0.338 e. The number of nitrogens with zero attached hydrogens (tertiary/aromatic N) is 2. The summed E-state index contributed by atoms with van der Waals surface area (Å²) in [5, 5.41) is 4.46. The van der Waals surface area contributed by atoms with Gasteiger partial charge in [-0.2, -0.15) is 0 Å². The fourth-order valence-corrected chi connectivity index (χ4v) is 4.95. The molecule has 1 N–H and O–H groups in total. The summed E-state index contributed by atoms with van der Waals surface area (Å²) in [5.41, 5.74) is 0.164. The highest BCUT2D eigenvalue weighted by Gasteiger charge is 2.32. The molecule has 1 fully saturated rings. The Morgan fingerprint density at radius 1 is 1.29 bits per heavy atom. The molecule has 0 bridgehead atoms.